The van der Waals surface area contributed by atoms with Crippen molar-refractivity contribution in [2.45, 2.75) is 32.4 Å². The molecule has 1 aromatic heterocycles. The topological polar surface area (TPSA) is 71.2 Å². The predicted octanol–water partition coefficient (Wildman–Crippen LogP) is 2.00. The number of nitrogens with zero attached hydrogens (tertiary/aromatic N) is 1. The molecule has 0 aliphatic rings. The van der Waals surface area contributed by atoms with E-state index in [1.54, 1.807) is 19.3 Å². The number of nitrogens with one attached hydrogen (secondary N) is 1. The number of nitrogen functional groups attached to an aromatic ring is 1. The first-order valence-corrected chi connectivity index (χ1v) is 5.49. The molecule has 1 aromatic rings. The van der Waals surface area contributed by atoms with Crippen LogP contribution in [0.2, 0.25) is 0 Å². The van der Waals surface area contributed by atoms with Crippen LogP contribution in [0.4, 0.5) is 11.4 Å². The van der Waals surface area contributed by atoms with E-state index >= 15 is 0 Å². The van der Waals surface area contributed by atoms with E-state index in [0.29, 0.717) is 5.69 Å². The van der Waals surface area contributed by atoms with Gasteiger partial charge < -0.3 is 16.2 Å². The van der Waals surface area contributed by atoms with Crippen LogP contribution >= 0.6 is 15.9 Å². The molecule has 0 fully saturated rings. The summed E-state index contributed by atoms with van der Waals surface area (Å²) in [6, 6.07) is 0. The summed E-state index contributed by atoms with van der Waals surface area (Å²) in [5.74, 6) is 0. The maximum Gasteiger partial charge on any atom is 0.0755 e. The maximum atomic E-state index is 9.59. The van der Waals surface area contributed by atoms with Gasteiger partial charge in [0.15, 0.2) is 0 Å². The summed E-state index contributed by atoms with van der Waals surface area (Å²) < 4.78 is 0.788. The van der Waals surface area contributed by atoms with E-state index in [9.17, 15) is 5.11 Å². The molecule has 1 rings (SSSR count). The van der Waals surface area contributed by atoms with E-state index in [0.717, 1.165) is 10.2 Å². The zero-order chi connectivity index (χ0) is 11.6. The Morgan fingerprint density at radius 3 is 2.60 bits per heavy atom. The minimum absolute atomic E-state index is 0.446. The summed E-state index contributed by atoms with van der Waals surface area (Å²) in [4.78, 5) is 3.94. The van der Waals surface area contributed by atoms with Gasteiger partial charge >= 0.3 is 0 Å². The largest absolute Gasteiger partial charge is 0.396 e. The van der Waals surface area contributed by atoms with E-state index in [1.165, 1.54) is 0 Å². The quantitative estimate of drug-likeness (QED) is 0.788. The highest BCUT2D eigenvalue weighted by Gasteiger charge is 2.25. The third-order valence-corrected chi connectivity index (χ3v) is 3.02. The number of hydrogen-bond donors (Lipinski definition) is 3. The Bertz CT molecular complexity index is 332. The molecule has 1 atom stereocenters. The van der Waals surface area contributed by atoms with Crippen molar-refractivity contribution in [1.82, 2.24) is 4.98 Å². The Hall–Kier alpha value is -0.810. The van der Waals surface area contributed by atoms with Crippen molar-refractivity contribution in [1.29, 1.82) is 0 Å². The second kappa shape index (κ2) is 4.37. The first-order valence-electron chi connectivity index (χ1n) is 4.70. The van der Waals surface area contributed by atoms with Crippen LogP contribution in [0.3, 0.4) is 0 Å². The standard InChI is InChI=1S/C10H16BrN3O/c1-6(15)10(2,3)14-9-7(11)4-13-5-8(9)12/h4-6,15H,12H2,1-3H3,(H,13,14). The van der Waals surface area contributed by atoms with Gasteiger partial charge in [0, 0.05) is 6.20 Å². The molecule has 0 bridgehead atoms. The van der Waals surface area contributed by atoms with Crippen LogP contribution in [0.1, 0.15) is 20.8 Å². The minimum Gasteiger partial charge on any atom is -0.396 e. The van der Waals surface area contributed by atoms with Gasteiger partial charge in [0.2, 0.25) is 0 Å². The fraction of sp³-hybridized carbons (Fsp3) is 0.500. The number of aromatic nitrogens is 1. The predicted molar refractivity (Wildman–Crippen MR) is 65.7 cm³/mol. The normalized spacial score (nSPS) is 13.7. The van der Waals surface area contributed by atoms with Crippen molar-refractivity contribution in [3.8, 4) is 0 Å². The zero-order valence-corrected chi connectivity index (χ0v) is 10.7. The molecule has 0 aliphatic heterocycles. The van der Waals surface area contributed by atoms with Crippen LogP contribution in [0.5, 0.6) is 0 Å². The molecule has 0 saturated heterocycles. The third-order valence-electron chi connectivity index (χ3n) is 2.42. The van der Waals surface area contributed by atoms with Crippen molar-refractivity contribution < 1.29 is 5.11 Å². The molecule has 0 aromatic carbocycles. The second-order valence-corrected chi connectivity index (χ2v) is 4.96. The first kappa shape index (κ1) is 12.3. The summed E-state index contributed by atoms with van der Waals surface area (Å²) in [6.07, 6.45) is 2.75. The van der Waals surface area contributed by atoms with Gasteiger partial charge in [-0.25, -0.2) is 0 Å². The lowest BCUT2D eigenvalue weighted by Crippen LogP contribution is -2.42. The van der Waals surface area contributed by atoms with E-state index in [2.05, 4.69) is 26.2 Å². The molecule has 15 heavy (non-hydrogen) atoms. The molecule has 5 heteroatoms. The van der Waals surface area contributed by atoms with Crippen molar-refractivity contribution in [2.75, 3.05) is 11.1 Å². The lowest BCUT2D eigenvalue weighted by molar-refractivity contribution is 0.133. The van der Waals surface area contributed by atoms with Crippen molar-refractivity contribution in [3.05, 3.63) is 16.9 Å². The van der Waals surface area contributed by atoms with Crippen molar-refractivity contribution >= 4 is 27.3 Å². The molecule has 0 spiro atoms. The monoisotopic (exact) mass is 273 g/mol. The Balaban J connectivity index is 2.99. The van der Waals surface area contributed by atoms with Gasteiger partial charge in [0.25, 0.3) is 0 Å². The Kier molecular flexibility index (Phi) is 3.57. The first-order chi connectivity index (χ1) is 6.84. The van der Waals surface area contributed by atoms with Gasteiger partial charge in [0.1, 0.15) is 0 Å². The lowest BCUT2D eigenvalue weighted by Gasteiger charge is -2.31. The number of nitrogens with two attached hydrogens (primary N) is 1. The van der Waals surface area contributed by atoms with Crippen LogP contribution in [-0.2, 0) is 0 Å². The summed E-state index contributed by atoms with van der Waals surface area (Å²) in [7, 11) is 0. The molecule has 4 N–H and O–H groups in total. The van der Waals surface area contributed by atoms with Crippen LogP contribution in [0.25, 0.3) is 0 Å². The average Bonchev–Trinajstić information content (AvgIpc) is 2.11. The fourth-order valence-corrected chi connectivity index (χ4v) is 1.45. The highest BCUT2D eigenvalue weighted by Crippen LogP contribution is 2.30. The smallest absolute Gasteiger partial charge is 0.0755 e. The molecule has 84 valence electrons. The number of halogens is 1. The summed E-state index contributed by atoms with van der Waals surface area (Å²) in [5.41, 5.74) is 6.66. The number of rotatable bonds is 3. The summed E-state index contributed by atoms with van der Waals surface area (Å²) in [6.45, 7) is 5.55. The summed E-state index contributed by atoms with van der Waals surface area (Å²) >= 11 is 3.36. The highest BCUT2D eigenvalue weighted by molar-refractivity contribution is 9.10. The van der Waals surface area contributed by atoms with Crippen LogP contribution in [0.15, 0.2) is 16.9 Å². The van der Waals surface area contributed by atoms with Gasteiger partial charge in [-0.05, 0) is 36.7 Å². The van der Waals surface area contributed by atoms with E-state index in [1.807, 2.05) is 13.8 Å². The number of aliphatic hydroxyl groups excluding tert-OH is 1. The number of pyridine rings is 1. The van der Waals surface area contributed by atoms with Gasteiger partial charge in [-0.15, -0.1) is 0 Å². The average molecular weight is 274 g/mol. The number of anilines is 2. The highest BCUT2D eigenvalue weighted by atomic mass is 79.9. The zero-order valence-electron chi connectivity index (χ0n) is 9.08. The molecule has 1 unspecified atom stereocenters. The molecule has 0 amide bonds. The van der Waals surface area contributed by atoms with Crippen molar-refractivity contribution in [3.63, 3.8) is 0 Å². The van der Waals surface area contributed by atoms with Crippen LogP contribution in [-0.4, -0.2) is 21.7 Å². The molecule has 0 saturated carbocycles. The molecule has 0 aliphatic carbocycles. The Morgan fingerprint density at radius 1 is 1.53 bits per heavy atom. The van der Waals surface area contributed by atoms with Gasteiger partial charge in [-0.3, -0.25) is 4.98 Å². The van der Waals surface area contributed by atoms with E-state index in [4.69, 9.17) is 5.73 Å². The van der Waals surface area contributed by atoms with Gasteiger partial charge in [-0.1, -0.05) is 0 Å². The maximum absolute atomic E-state index is 9.59. The Labute approximate surface area is 98.0 Å². The van der Waals surface area contributed by atoms with Gasteiger partial charge in [-0.2, -0.15) is 0 Å². The second-order valence-electron chi connectivity index (χ2n) is 4.11. The van der Waals surface area contributed by atoms with E-state index < -0.39 is 11.6 Å². The number of aliphatic hydroxyl groups is 1. The van der Waals surface area contributed by atoms with Crippen molar-refractivity contribution in [2.24, 2.45) is 0 Å². The molecule has 4 nitrogen and oxygen atoms in total. The summed E-state index contributed by atoms with van der Waals surface area (Å²) in [5, 5.41) is 12.8. The van der Waals surface area contributed by atoms with E-state index in [-0.39, 0.29) is 0 Å². The van der Waals surface area contributed by atoms with Crippen LogP contribution < -0.4 is 11.1 Å². The van der Waals surface area contributed by atoms with Gasteiger partial charge in [0.05, 0.1) is 33.7 Å². The third kappa shape index (κ3) is 2.82. The fourth-order valence-electron chi connectivity index (χ4n) is 1.01. The van der Waals surface area contributed by atoms with Crippen LogP contribution in [0, 0.1) is 0 Å². The minimum atomic E-state index is -0.489. The molecule has 1 heterocycles. The lowest BCUT2D eigenvalue weighted by atomic mass is 9.98. The Morgan fingerprint density at radius 2 is 2.13 bits per heavy atom. The SMILES string of the molecule is CC(O)C(C)(C)Nc1c(N)cncc1Br. The molecular formula is C10H16BrN3O. The molecule has 0 radical (unpaired) electrons. The molecular weight excluding hydrogens is 258 g/mol. The number of hydrogen-bond acceptors (Lipinski definition) is 4.